The fraction of sp³-hybridized carbons (Fsp3) is 0.400. The van der Waals surface area contributed by atoms with E-state index >= 15 is 0 Å². The largest absolute Gasteiger partial charge is 0.467 e. The standard InChI is InChI=1S/C10H10Cl2O3/c1-6(13)8-4-3-7(11)5-10(8,12)9(14)15-2/h3-5,8H,1-2H3. The van der Waals surface area contributed by atoms with Crippen molar-refractivity contribution >= 4 is 35.0 Å². The Hall–Kier alpha value is -0.800. The highest BCUT2D eigenvalue weighted by Crippen LogP contribution is 2.36. The maximum Gasteiger partial charge on any atom is 0.332 e. The second kappa shape index (κ2) is 4.37. The molecule has 0 radical (unpaired) electrons. The highest BCUT2D eigenvalue weighted by molar-refractivity contribution is 6.40. The van der Waals surface area contributed by atoms with Gasteiger partial charge in [0.15, 0.2) is 4.87 Å². The molecule has 1 aliphatic rings. The normalized spacial score (nSPS) is 29.6. The fourth-order valence-electron chi connectivity index (χ4n) is 1.44. The summed E-state index contributed by atoms with van der Waals surface area (Å²) in [5.74, 6) is -1.65. The van der Waals surface area contributed by atoms with E-state index in [1.165, 1.54) is 32.3 Å². The van der Waals surface area contributed by atoms with Crippen LogP contribution in [0.4, 0.5) is 0 Å². The molecule has 0 bridgehead atoms. The first-order valence-electron chi connectivity index (χ1n) is 4.26. The molecule has 0 saturated heterocycles. The van der Waals surface area contributed by atoms with E-state index in [1.54, 1.807) is 0 Å². The maximum atomic E-state index is 11.5. The first kappa shape index (κ1) is 12.3. The minimum atomic E-state index is -1.52. The Balaban J connectivity index is 3.16. The van der Waals surface area contributed by atoms with Gasteiger partial charge in [-0.2, -0.15) is 0 Å². The number of hydrogen-bond acceptors (Lipinski definition) is 3. The molecule has 15 heavy (non-hydrogen) atoms. The molecular formula is C10H10Cl2O3. The van der Waals surface area contributed by atoms with E-state index in [4.69, 9.17) is 23.2 Å². The second-order valence-corrected chi connectivity index (χ2v) is 4.30. The van der Waals surface area contributed by atoms with Gasteiger partial charge < -0.3 is 4.74 Å². The van der Waals surface area contributed by atoms with Crippen molar-refractivity contribution in [3.05, 3.63) is 23.3 Å². The van der Waals surface area contributed by atoms with E-state index in [2.05, 4.69) is 4.74 Å². The van der Waals surface area contributed by atoms with Crippen LogP contribution >= 0.6 is 23.2 Å². The van der Waals surface area contributed by atoms with Gasteiger partial charge in [0.25, 0.3) is 0 Å². The van der Waals surface area contributed by atoms with Crippen LogP contribution in [0.2, 0.25) is 0 Å². The molecule has 0 spiro atoms. The molecule has 0 aromatic carbocycles. The quantitative estimate of drug-likeness (QED) is 0.555. The average molecular weight is 249 g/mol. The highest BCUT2D eigenvalue weighted by Gasteiger charge is 2.46. The third kappa shape index (κ3) is 2.24. The average Bonchev–Trinajstić information content (AvgIpc) is 2.15. The van der Waals surface area contributed by atoms with E-state index < -0.39 is 16.8 Å². The number of allylic oxidation sites excluding steroid dienone is 3. The van der Waals surface area contributed by atoms with Gasteiger partial charge in [-0.3, -0.25) is 4.79 Å². The minimum Gasteiger partial charge on any atom is -0.467 e. The SMILES string of the molecule is COC(=O)C1(Cl)C=C(Cl)C=CC1C(C)=O. The van der Waals surface area contributed by atoms with Crippen LogP contribution in [0.3, 0.4) is 0 Å². The molecule has 1 aliphatic carbocycles. The van der Waals surface area contributed by atoms with E-state index in [-0.39, 0.29) is 5.78 Å². The number of hydrogen-bond donors (Lipinski definition) is 0. The van der Waals surface area contributed by atoms with Crippen LogP contribution in [0.5, 0.6) is 0 Å². The van der Waals surface area contributed by atoms with Crippen molar-refractivity contribution in [1.82, 2.24) is 0 Å². The molecular weight excluding hydrogens is 239 g/mol. The van der Waals surface area contributed by atoms with Crippen molar-refractivity contribution < 1.29 is 14.3 Å². The Morgan fingerprint density at radius 3 is 2.60 bits per heavy atom. The molecule has 0 aromatic rings. The summed E-state index contributed by atoms with van der Waals surface area (Å²) in [4.78, 5) is 21.3. The molecule has 0 amide bonds. The first-order chi connectivity index (χ1) is 6.91. The van der Waals surface area contributed by atoms with Gasteiger partial charge in [-0.15, -0.1) is 11.6 Å². The molecule has 3 nitrogen and oxygen atoms in total. The highest BCUT2D eigenvalue weighted by atomic mass is 35.5. The lowest BCUT2D eigenvalue weighted by molar-refractivity contribution is -0.145. The lowest BCUT2D eigenvalue weighted by Crippen LogP contribution is -2.43. The number of Topliss-reactive ketones (excluding diaryl/α,β-unsaturated/α-hetero) is 1. The summed E-state index contributed by atoms with van der Waals surface area (Å²) >= 11 is 11.8. The molecule has 0 heterocycles. The van der Waals surface area contributed by atoms with Crippen molar-refractivity contribution in [2.45, 2.75) is 11.8 Å². The summed E-state index contributed by atoms with van der Waals surface area (Å²) in [6.07, 6.45) is 4.37. The van der Waals surface area contributed by atoms with Crippen LogP contribution in [0, 0.1) is 5.92 Å². The van der Waals surface area contributed by atoms with Gasteiger partial charge in [0.1, 0.15) is 5.78 Å². The lowest BCUT2D eigenvalue weighted by Gasteiger charge is -2.28. The van der Waals surface area contributed by atoms with E-state index in [1.807, 2.05) is 0 Å². The van der Waals surface area contributed by atoms with Crippen molar-refractivity contribution in [3.8, 4) is 0 Å². The van der Waals surface area contributed by atoms with Gasteiger partial charge in [-0.25, -0.2) is 4.79 Å². The van der Waals surface area contributed by atoms with E-state index in [9.17, 15) is 9.59 Å². The molecule has 0 saturated carbocycles. The summed E-state index contributed by atoms with van der Waals surface area (Å²) in [6, 6.07) is 0. The molecule has 2 unspecified atom stereocenters. The Morgan fingerprint density at radius 1 is 1.53 bits per heavy atom. The van der Waals surface area contributed by atoms with Crippen LogP contribution in [0.15, 0.2) is 23.3 Å². The third-order valence-electron chi connectivity index (χ3n) is 2.18. The van der Waals surface area contributed by atoms with Crippen LogP contribution in [0.1, 0.15) is 6.92 Å². The molecule has 2 atom stereocenters. The lowest BCUT2D eigenvalue weighted by atomic mass is 9.85. The van der Waals surface area contributed by atoms with Gasteiger partial charge in [-0.05, 0) is 19.1 Å². The summed E-state index contributed by atoms with van der Waals surface area (Å²) in [5.41, 5.74) is 0. The zero-order chi connectivity index (χ0) is 11.6. The number of alkyl halides is 1. The monoisotopic (exact) mass is 248 g/mol. The summed E-state index contributed by atoms with van der Waals surface area (Å²) in [5, 5.41) is 0.313. The fourth-order valence-corrected chi connectivity index (χ4v) is 2.16. The minimum absolute atomic E-state index is 0.216. The zero-order valence-corrected chi connectivity index (χ0v) is 9.80. The van der Waals surface area contributed by atoms with Gasteiger partial charge in [0.05, 0.1) is 13.0 Å². The van der Waals surface area contributed by atoms with Crippen molar-refractivity contribution in [2.75, 3.05) is 7.11 Å². The van der Waals surface area contributed by atoms with Gasteiger partial charge in [0.2, 0.25) is 0 Å². The number of ketones is 1. The smallest absolute Gasteiger partial charge is 0.332 e. The van der Waals surface area contributed by atoms with Gasteiger partial charge in [0, 0.05) is 5.03 Å². The molecule has 0 aromatic heterocycles. The van der Waals surface area contributed by atoms with Crippen LogP contribution in [-0.4, -0.2) is 23.7 Å². The predicted molar refractivity (Wildman–Crippen MR) is 57.8 cm³/mol. The number of ether oxygens (including phenoxy) is 1. The summed E-state index contributed by atoms with van der Waals surface area (Å²) in [6.45, 7) is 1.36. The molecule has 82 valence electrons. The van der Waals surface area contributed by atoms with Gasteiger partial charge in [-0.1, -0.05) is 17.7 Å². The van der Waals surface area contributed by atoms with Crippen LogP contribution in [-0.2, 0) is 14.3 Å². The van der Waals surface area contributed by atoms with Crippen molar-refractivity contribution in [1.29, 1.82) is 0 Å². The molecule has 5 heteroatoms. The predicted octanol–water partition coefficient (Wildman–Crippen LogP) is 2.03. The molecule has 0 fully saturated rings. The zero-order valence-electron chi connectivity index (χ0n) is 8.29. The summed E-state index contributed by atoms with van der Waals surface area (Å²) < 4.78 is 4.56. The van der Waals surface area contributed by atoms with Crippen LogP contribution < -0.4 is 0 Å². The Bertz CT molecular complexity index is 360. The maximum absolute atomic E-state index is 11.5. The summed E-state index contributed by atoms with van der Waals surface area (Å²) in [7, 11) is 1.21. The Morgan fingerprint density at radius 2 is 2.13 bits per heavy atom. The topological polar surface area (TPSA) is 43.4 Å². The first-order valence-corrected chi connectivity index (χ1v) is 5.01. The van der Waals surface area contributed by atoms with Crippen LogP contribution in [0.25, 0.3) is 0 Å². The number of esters is 1. The van der Waals surface area contributed by atoms with Crippen molar-refractivity contribution in [2.24, 2.45) is 5.92 Å². The molecule has 1 rings (SSSR count). The second-order valence-electron chi connectivity index (χ2n) is 3.24. The van der Waals surface area contributed by atoms with Gasteiger partial charge >= 0.3 is 5.97 Å². The van der Waals surface area contributed by atoms with E-state index in [0.717, 1.165) is 0 Å². The Kier molecular flexibility index (Phi) is 3.58. The molecule has 0 aliphatic heterocycles. The number of carbonyl (C=O) groups is 2. The Labute approximate surface area is 97.7 Å². The number of rotatable bonds is 2. The van der Waals surface area contributed by atoms with E-state index in [0.29, 0.717) is 5.03 Å². The number of carbonyl (C=O) groups excluding carboxylic acids is 2. The van der Waals surface area contributed by atoms with Crippen molar-refractivity contribution in [3.63, 3.8) is 0 Å². The number of methoxy groups -OCH3 is 1. The molecule has 0 N–H and O–H groups in total. The number of halogens is 2. The third-order valence-corrected chi connectivity index (χ3v) is 2.92.